The lowest BCUT2D eigenvalue weighted by atomic mass is 9.96. The van der Waals surface area contributed by atoms with E-state index in [0.717, 1.165) is 31.2 Å². The van der Waals surface area contributed by atoms with Gasteiger partial charge in [-0.25, -0.2) is 4.79 Å². The zero-order chi connectivity index (χ0) is 19.9. The van der Waals surface area contributed by atoms with Crippen LogP contribution in [0.5, 0.6) is 0 Å². The summed E-state index contributed by atoms with van der Waals surface area (Å²) in [6.45, 7) is 4.57. The van der Waals surface area contributed by atoms with Crippen LogP contribution in [0.1, 0.15) is 17.2 Å². The second-order valence-electron chi connectivity index (χ2n) is 6.77. The van der Waals surface area contributed by atoms with E-state index in [0.29, 0.717) is 13.2 Å². The average Bonchev–Trinajstić information content (AvgIpc) is 2.71. The second-order valence-corrected chi connectivity index (χ2v) is 7.60. The fourth-order valence-corrected chi connectivity index (χ4v) is 3.71. The molecule has 1 heterocycles. The quantitative estimate of drug-likeness (QED) is 0.657. The molecule has 0 aliphatic carbocycles. The van der Waals surface area contributed by atoms with Gasteiger partial charge in [-0.15, -0.1) is 0 Å². The van der Waals surface area contributed by atoms with Gasteiger partial charge in [-0.2, -0.15) is 0 Å². The smallest absolute Gasteiger partial charge is 0.348 e. The normalized spacial score (nSPS) is 17.9. The van der Waals surface area contributed by atoms with Crippen molar-refractivity contribution >= 4 is 29.2 Å². The van der Waals surface area contributed by atoms with Crippen molar-refractivity contribution in [1.82, 2.24) is 9.80 Å². The van der Waals surface area contributed by atoms with Gasteiger partial charge in [0.1, 0.15) is 0 Å². The van der Waals surface area contributed by atoms with Crippen LogP contribution in [-0.2, 0) is 9.53 Å². The van der Waals surface area contributed by atoms with Crippen molar-refractivity contribution in [3.05, 3.63) is 70.7 Å². The molecular formula is C21H24Cl2N2O3. The number of hydrogen-bond donors (Lipinski definition) is 1. The van der Waals surface area contributed by atoms with Crippen molar-refractivity contribution < 1.29 is 14.6 Å². The summed E-state index contributed by atoms with van der Waals surface area (Å²) in [5, 5.41) is 9.50. The van der Waals surface area contributed by atoms with E-state index in [-0.39, 0.29) is 6.04 Å². The first-order valence-electron chi connectivity index (χ1n) is 9.30. The number of alkyl halides is 1. The third kappa shape index (κ3) is 5.69. The Hall–Kier alpha value is -1.63. The Bertz CT molecular complexity index is 750. The van der Waals surface area contributed by atoms with E-state index >= 15 is 0 Å². The van der Waals surface area contributed by atoms with Gasteiger partial charge in [-0.3, -0.25) is 9.80 Å². The Balaban J connectivity index is 1.62. The molecule has 1 N–H and O–H groups in total. The SMILES string of the molecule is O=C(O)C(Cl)OCCN1CCN(C(c2ccccc2)c2ccc(Cl)cc2)CC1. The number of halogens is 2. The standard InChI is InChI=1S/C21H24Cl2N2O3/c22-18-8-6-17(7-9-18)19(16-4-2-1-3-5-16)25-12-10-24(11-13-25)14-15-28-20(23)21(26)27/h1-9,19-20H,10-15H2,(H,26,27). The first-order valence-corrected chi connectivity index (χ1v) is 10.1. The number of aliphatic carboxylic acids is 1. The summed E-state index contributed by atoms with van der Waals surface area (Å²) in [6, 6.07) is 18.7. The Morgan fingerprint density at radius 2 is 1.61 bits per heavy atom. The number of carboxylic acid groups (broad SMARTS) is 1. The highest BCUT2D eigenvalue weighted by molar-refractivity contribution is 6.30. The van der Waals surface area contributed by atoms with E-state index in [2.05, 4.69) is 46.2 Å². The van der Waals surface area contributed by atoms with Gasteiger partial charge in [0.15, 0.2) is 0 Å². The molecule has 3 rings (SSSR count). The molecule has 2 atom stereocenters. The number of nitrogens with zero attached hydrogens (tertiary/aromatic N) is 2. The molecule has 0 saturated carbocycles. The molecule has 7 heteroatoms. The van der Waals surface area contributed by atoms with Gasteiger partial charge < -0.3 is 9.84 Å². The van der Waals surface area contributed by atoms with Gasteiger partial charge in [0.2, 0.25) is 5.56 Å². The summed E-state index contributed by atoms with van der Waals surface area (Å²) < 4.78 is 5.13. The van der Waals surface area contributed by atoms with Crippen LogP contribution in [0.25, 0.3) is 0 Å². The monoisotopic (exact) mass is 422 g/mol. The van der Waals surface area contributed by atoms with Crippen molar-refractivity contribution in [2.45, 2.75) is 11.6 Å². The van der Waals surface area contributed by atoms with Crippen LogP contribution in [0.3, 0.4) is 0 Å². The van der Waals surface area contributed by atoms with Crippen LogP contribution in [0, 0.1) is 0 Å². The maximum Gasteiger partial charge on any atom is 0.348 e. The first kappa shape index (κ1) is 21.1. The molecule has 28 heavy (non-hydrogen) atoms. The molecule has 1 aliphatic rings. The molecule has 2 aromatic carbocycles. The van der Waals surface area contributed by atoms with E-state index in [1.54, 1.807) is 0 Å². The van der Waals surface area contributed by atoms with E-state index in [4.69, 9.17) is 33.0 Å². The average molecular weight is 423 g/mol. The third-order valence-electron chi connectivity index (χ3n) is 4.94. The molecule has 0 spiro atoms. The van der Waals surface area contributed by atoms with Crippen LogP contribution >= 0.6 is 23.2 Å². The summed E-state index contributed by atoms with van der Waals surface area (Å²) in [5.41, 5.74) is 1.19. The molecule has 2 aromatic rings. The van der Waals surface area contributed by atoms with Crippen LogP contribution in [0.4, 0.5) is 0 Å². The summed E-state index contributed by atoms with van der Waals surface area (Å²) >= 11 is 11.7. The van der Waals surface area contributed by atoms with Crippen LogP contribution in [-0.4, -0.2) is 65.8 Å². The first-order chi connectivity index (χ1) is 13.5. The molecule has 1 aliphatic heterocycles. The van der Waals surface area contributed by atoms with Gasteiger partial charge in [-0.1, -0.05) is 65.7 Å². The van der Waals surface area contributed by atoms with E-state index < -0.39 is 11.5 Å². The fourth-order valence-electron chi connectivity index (χ4n) is 3.50. The number of hydrogen-bond acceptors (Lipinski definition) is 4. The molecule has 0 radical (unpaired) electrons. The van der Waals surface area contributed by atoms with Crippen LogP contribution < -0.4 is 0 Å². The highest BCUT2D eigenvalue weighted by Gasteiger charge is 2.26. The minimum Gasteiger partial charge on any atom is -0.478 e. The molecule has 0 aromatic heterocycles. The topological polar surface area (TPSA) is 53.0 Å². The fraction of sp³-hybridized carbons (Fsp3) is 0.381. The Labute approximate surface area is 175 Å². The molecule has 0 amide bonds. The zero-order valence-electron chi connectivity index (χ0n) is 15.5. The second kappa shape index (κ2) is 10.2. The van der Waals surface area contributed by atoms with E-state index in [1.165, 1.54) is 11.1 Å². The van der Waals surface area contributed by atoms with Crippen molar-refractivity contribution in [3.8, 4) is 0 Å². The van der Waals surface area contributed by atoms with Gasteiger partial charge in [0.25, 0.3) is 0 Å². The number of carbonyl (C=O) groups is 1. The number of carboxylic acids is 1. The van der Waals surface area contributed by atoms with E-state index in [9.17, 15) is 4.79 Å². The Kier molecular flexibility index (Phi) is 7.71. The summed E-state index contributed by atoms with van der Waals surface area (Å²) in [4.78, 5) is 15.4. The Morgan fingerprint density at radius 1 is 1.00 bits per heavy atom. The lowest BCUT2D eigenvalue weighted by Gasteiger charge is -2.39. The van der Waals surface area contributed by atoms with Crippen molar-refractivity contribution in [1.29, 1.82) is 0 Å². The minimum absolute atomic E-state index is 0.177. The Morgan fingerprint density at radius 3 is 2.21 bits per heavy atom. The van der Waals surface area contributed by atoms with Crippen molar-refractivity contribution in [3.63, 3.8) is 0 Å². The van der Waals surface area contributed by atoms with E-state index in [1.807, 2.05) is 18.2 Å². The van der Waals surface area contributed by atoms with Gasteiger partial charge >= 0.3 is 5.97 Å². The third-order valence-corrected chi connectivity index (χ3v) is 5.50. The molecule has 1 saturated heterocycles. The molecule has 0 bridgehead atoms. The molecule has 2 unspecified atom stereocenters. The van der Waals surface area contributed by atoms with Gasteiger partial charge in [0.05, 0.1) is 12.6 Å². The van der Waals surface area contributed by atoms with Gasteiger partial charge in [-0.05, 0) is 23.3 Å². The van der Waals surface area contributed by atoms with Crippen LogP contribution in [0.15, 0.2) is 54.6 Å². The number of rotatable bonds is 8. The molecule has 1 fully saturated rings. The highest BCUT2D eigenvalue weighted by Crippen LogP contribution is 2.30. The maximum atomic E-state index is 10.7. The maximum absolute atomic E-state index is 10.7. The van der Waals surface area contributed by atoms with Crippen LogP contribution in [0.2, 0.25) is 5.02 Å². The highest BCUT2D eigenvalue weighted by atomic mass is 35.5. The van der Waals surface area contributed by atoms with Crippen molar-refractivity contribution in [2.75, 3.05) is 39.3 Å². The molecule has 5 nitrogen and oxygen atoms in total. The molecule has 150 valence electrons. The van der Waals surface area contributed by atoms with Gasteiger partial charge in [0, 0.05) is 37.7 Å². The number of piperazine rings is 1. The molecular weight excluding hydrogens is 399 g/mol. The van der Waals surface area contributed by atoms with Crippen molar-refractivity contribution in [2.24, 2.45) is 0 Å². The summed E-state index contributed by atoms with van der Waals surface area (Å²) in [5.74, 6) is -1.15. The zero-order valence-corrected chi connectivity index (χ0v) is 17.0. The summed E-state index contributed by atoms with van der Waals surface area (Å²) in [6.07, 6.45) is 0. The lowest BCUT2D eigenvalue weighted by molar-refractivity contribution is -0.145. The minimum atomic E-state index is -1.28. The largest absolute Gasteiger partial charge is 0.478 e. The number of benzene rings is 2. The predicted molar refractivity (Wildman–Crippen MR) is 111 cm³/mol. The lowest BCUT2D eigenvalue weighted by Crippen LogP contribution is -2.48. The number of ether oxygens (including phenoxy) is 1. The summed E-state index contributed by atoms with van der Waals surface area (Å²) in [7, 11) is 0. The predicted octanol–water partition coefficient (Wildman–Crippen LogP) is 3.71.